The van der Waals surface area contributed by atoms with E-state index in [9.17, 15) is 13.2 Å². The molecule has 1 saturated carbocycles. The van der Waals surface area contributed by atoms with Crippen LogP contribution in [-0.2, 0) is 6.18 Å². The molecular formula is C31H35ClF3N5. The maximum atomic E-state index is 13.2. The molecule has 4 aromatic rings. The molecule has 3 N–H and O–H groups in total. The van der Waals surface area contributed by atoms with Crippen LogP contribution in [0, 0.1) is 0 Å². The van der Waals surface area contributed by atoms with E-state index in [1.54, 1.807) is 36.8 Å². The fourth-order valence-corrected chi connectivity index (χ4v) is 4.55. The highest BCUT2D eigenvalue weighted by atomic mass is 35.5. The summed E-state index contributed by atoms with van der Waals surface area (Å²) in [6.07, 6.45) is 7.04. The first-order valence-electron chi connectivity index (χ1n) is 13.3. The Kier molecular flexibility index (Phi) is 11.5. The second kappa shape index (κ2) is 14.8. The molecule has 0 radical (unpaired) electrons. The van der Waals surface area contributed by atoms with Crippen LogP contribution in [0.15, 0.2) is 85.3 Å². The molecule has 2 heterocycles. The van der Waals surface area contributed by atoms with Gasteiger partial charge in [-0.2, -0.15) is 13.2 Å². The van der Waals surface area contributed by atoms with E-state index in [1.165, 1.54) is 43.7 Å². The second-order valence-corrected chi connectivity index (χ2v) is 9.86. The van der Waals surface area contributed by atoms with Crippen molar-refractivity contribution in [1.29, 1.82) is 0 Å². The predicted octanol–water partition coefficient (Wildman–Crippen LogP) is 8.14. The van der Waals surface area contributed by atoms with Gasteiger partial charge in [0, 0.05) is 42.3 Å². The van der Waals surface area contributed by atoms with Crippen LogP contribution in [-0.4, -0.2) is 27.5 Å². The van der Waals surface area contributed by atoms with E-state index < -0.39 is 11.7 Å². The lowest BCUT2D eigenvalue weighted by Crippen LogP contribution is -2.22. The number of anilines is 1. The number of alkyl halides is 3. The Balaban J connectivity index is 0.000000482. The van der Waals surface area contributed by atoms with E-state index in [0.717, 1.165) is 17.7 Å². The van der Waals surface area contributed by atoms with Crippen molar-refractivity contribution in [2.24, 2.45) is 5.73 Å². The number of nitrogens with two attached hydrogens (primary N) is 1. The fraction of sp³-hybridized carbons (Fsp3) is 0.323. The molecule has 40 heavy (non-hydrogen) atoms. The molecule has 0 saturated heterocycles. The molecule has 1 aliphatic carbocycles. The summed E-state index contributed by atoms with van der Waals surface area (Å²) in [5, 5.41) is 3.25. The van der Waals surface area contributed by atoms with Gasteiger partial charge in [0.1, 0.15) is 0 Å². The summed E-state index contributed by atoms with van der Waals surface area (Å²) in [6, 6.07) is 19.4. The summed E-state index contributed by atoms with van der Waals surface area (Å²) in [4.78, 5) is 13.1. The van der Waals surface area contributed by atoms with E-state index in [4.69, 9.17) is 5.73 Å². The van der Waals surface area contributed by atoms with Crippen LogP contribution < -0.4 is 11.1 Å². The Labute approximate surface area is 239 Å². The number of benzene rings is 2. The van der Waals surface area contributed by atoms with Gasteiger partial charge in [-0.25, -0.2) is 9.97 Å². The molecular weight excluding hydrogens is 535 g/mol. The molecule has 0 aliphatic heterocycles. The fourth-order valence-electron chi connectivity index (χ4n) is 4.55. The zero-order valence-corrected chi connectivity index (χ0v) is 23.3. The smallest absolute Gasteiger partial charge is 0.354 e. The number of nitrogens with zero attached hydrogens (tertiary/aromatic N) is 3. The van der Waals surface area contributed by atoms with Crippen molar-refractivity contribution in [3.8, 4) is 22.4 Å². The van der Waals surface area contributed by atoms with Crippen LogP contribution >= 0.6 is 12.4 Å². The highest BCUT2D eigenvalue weighted by molar-refractivity contribution is 5.85. The van der Waals surface area contributed by atoms with Crippen molar-refractivity contribution in [3.63, 3.8) is 0 Å². The van der Waals surface area contributed by atoms with Crippen LogP contribution in [0.3, 0.4) is 0 Å². The summed E-state index contributed by atoms with van der Waals surface area (Å²) in [7, 11) is 0. The van der Waals surface area contributed by atoms with Gasteiger partial charge in [-0.15, -0.1) is 12.4 Å². The predicted molar refractivity (Wildman–Crippen MR) is 157 cm³/mol. The van der Waals surface area contributed by atoms with Crippen molar-refractivity contribution >= 4 is 18.4 Å². The van der Waals surface area contributed by atoms with Crippen molar-refractivity contribution in [1.82, 2.24) is 15.0 Å². The summed E-state index contributed by atoms with van der Waals surface area (Å²) in [5.41, 5.74) is 8.31. The number of hydrogen-bond donors (Lipinski definition) is 2. The minimum Gasteiger partial charge on any atom is -0.354 e. The molecule has 0 amide bonds. The van der Waals surface area contributed by atoms with Gasteiger partial charge in [0.25, 0.3) is 0 Å². The van der Waals surface area contributed by atoms with Gasteiger partial charge in [0.05, 0.1) is 11.3 Å². The van der Waals surface area contributed by atoms with E-state index in [2.05, 4.69) is 39.3 Å². The molecule has 0 bridgehead atoms. The standard InChI is InChI=1S/C25H21F3N4.C6H13N.ClH/c1-17(18-6-3-2-4-7-18)15-30-24-31-16-22(23(32-24)19-10-12-29-13-11-19)20-8-5-9-21(14-20)25(26,27)28;7-6-4-2-1-3-5-6;/h2-14,16-17H,15H2,1H3,(H,30,31,32);6H,1-5,7H2;1H. The van der Waals surface area contributed by atoms with Gasteiger partial charge in [-0.05, 0) is 54.2 Å². The number of hydrogen-bond acceptors (Lipinski definition) is 5. The van der Waals surface area contributed by atoms with Gasteiger partial charge in [-0.1, -0.05) is 68.7 Å². The van der Waals surface area contributed by atoms with Crippen molar-refractivity contribution in [2.75, 3.05) is 11.9 Å². The number of nitrogens with one attached hydrogen (secondary N) is 1. The van der Waals surface area contributed by atoms with Gasteiger partial charge < -0.3 is 11.1 Å². The Morgan fingerprint density at radius 1 is 0.925 bits per heavy atom. The van der Waals surface area contributed by atoms with E-state index >= 15 is 0 Å². The van der Waals surface area contributed by atoms with Crippen molar-refractivity contribution in [3.05, 3.63) is 96.4 Å². The molecule has 1 aliphatic rings. The number of halogens is 4. The monoisotopic (exact) mass is 569 g/mol. The third-order valence-corrected chi connectivity index (χ3v) is 6.83. The topological polar surface area (TPSA) is 76.7 Å². The van der Waals surface area contributed by atoms with E-state index in [1.807, 2.05) is 18.2 Å². The Morgan fingerprint density at radius 2 is 1.62 bits per heavy atom. The zero-order chi connectivity index (χ0) is 27.7. The van der Waals surface area contributed by atoms with Crippen LogP contribution in [0.25, 0.3) is 22.4 Å². The third kappa shape index (κ3) is 8.76. The van der Waals surface area contributed by atoms with Gasteiger partial charge in [0.15, 0.2) is 0 Å². The normalized spacial score (nSPS) is 14.3. The summed E-state index contributed by atoms with van der Waals surface area (Å²) in [5.74, 6) is 0.641. The van der Waals surface area contributed by atoms with E-state index in [0.29, 0.717) is 35.4 Å². The van der Waals surface area contributed by atoms with Gasteiger partial charge >= 0.3 is 6.18 Å². The number of pyridine rings is 1. The molecule has 2 aromatic heterocycles. The maximum Gasteiger partial charge on any atom is 0.416 e. The molecule has 5 nitrogen and oxygen atoms in total. The highest BCUT2D eigenvalue weighted by Gasteiger charge is 2.30. The summed E-state index contributed by atoms with van der Waals surface area (Å²) < 4.78 is 39.7. The summed E-state index contributed by atoms with van der Waals surface area (Å²) in [6.45, 7) is 2.71. The minimum atomic E-state index is -4.43. The largest absolute Gasteiger partial charge is 0.416 e. The lowest BCUT2D eigenvalue weighted by Gasteiger charge is -2.15. The zero-order valence-electron chi connectivity index (χ0n) is 22.4. The Bertz CT molecular complexity index is 1310. The molecule has 1 unspecified atom stereocenters. The first kappa shape index (κ1) is 31.0. The van der Waals surface area contributed by atoms with E-state index in [-0.39, 0.29) is 18.3 Å². The molecule has 212 valence electrons. The SMILES string of the molecule is CC(CNc1ncc(-c2cccc(C(F)(F)F)c2)c(-c2ccncc2)n1)c1ccccc1.Cl.NC1CCCCC1. The minimum absolute atomic E-state index is 0. The molecule has 2 aromatic carbocycles. The Hall–Kier alpha value is -3.49. The molecule has 9 heteroatoms. The number of rotatable bonds is 6. The molecule has 1 fully saturated rings. The average Bonchev–Trinajstić information content (AvgIpc) is 2.97. The first-order chi connectivity index (χ1) is 18.8. The van der Waals surface area contributed by atoms with Crippen LogP contribution in [0.5, 0.6) is 0 Å². The molecule has 5 rings (SSSR count). The van der Waals surface area contributed by atoms with Crippen LogP contribution in [0.1, 0.15) is 56.1 Å². The quantitative estimate of drug-likeness (QED) is 0.245. The molecule has 0 spiro atoms. The average molecular weight is 570 g/mol. The Morgan fingerprint density at radius 3 is 2.25 bits per heavy atom. The van der Waals surface area contributed by atoms with Crippen LogP contribution in [0.4, 0.5) is 19.1 Å². The second-order valence-electron chi connectivity index (χ2n) is 9.86. The summed E-state index contributed by atoms with van der Waals surface area (Å²) >= 11 is 0. The number of aromatic nitrogens is 3. The third-order valence-electron chi connectivity index (χ3n) is 6.83. The van der Waals surface area contributed by atoms with Gasteiger partial charge in [0.2, 0.25) is 5.95 Å². The highest BCUT2D eigenvalue weighted by Crippen LogP contribution is 2.35. The van der Waals surface area contributed by atoms with Gasteiger partial charge in [-0.3, -0.25) is 4.98 Å². The van der Waals surface area contributed by atoms with Crippen molar-refractivity contribution in [2.45, 2.75) is 57.2 Å². The maximum absolute atomic E-state index is 13.2. The molecule has 1 atom stereocenters. The lowest BCUT2D eigenvalue weighted by molar-refractivity contribution is -0.137. The first-order valence-corrected chi connectivity index (χ1v) is 13.3. The lowest BCUT2D eigenvalue weighted by atomic mass is 9.97. The van der Waals surface area contributed by atoms with Crippen LogP contribution in [0.2, 0.25) is 0 Å². The van der Waals surface area contributed by atoms with Crippen molar-refractivity contribution < 1.29 is 13.2 Å².